The van der Waals surface area contributed by atoms with Gasteiger partial charge in [-0.3, -0.25) is 9.59 Å². The number of fused-ring (bicyclic) bond motifs is 3. The molecule has 0 aromatic rings. The number of amides is 1. The Hall–Kier alpha value is -1.62. The van der Waals surface area contributed by atoms with Crippen molar-refractivity contribution < 1.29 is 22.8 Å². The number of aldehydes is 1. The van der Waals surface area contributed by atoms with Crippen molar-refractivity contribution in [2.75, 3.05) is 0 Å². The lowest BCUT2D eigenvalue weighted by Gasteiger charge is -2.36. The maximum Gasteiger partial charge on any atom is 0.446 e. The summed E-state index contributed by atoms with van der Waals surface area (Å²) in [5.74, 6) is 1.45. The Bertz CT molecular complexity index is 593. The Morgan fingerprint density at radius 3 is 2.36 bits per heavy atom. The molecule has 1 amide bonds. The molecule has 2 unspecified atom stereocenters. The van der Waals surface area contributed by atoms with Crippen LogP contribution in [0.3, 0.4) is 0 Å². The van der Waals surface area contributed by atoms with Crippen molar-refractivity contribution in [1.82, 2.24) is 4.90 Å². The third-order valence-corrected chi connectivity index (χ3v) is 6.36. The molecule has 0 radical (unpaired) electrons. The van der Waals surface area contributed by atoms with E-state index in [1.165, 1.54) is 12.8 Å². The number of likely N-dealkylation sites (tertiary alicyclic amines) is 1. The highest BCUT2D eigenvalue weighted by Gasteiger charge is 2.58. The van der Waals surface area contributed by atoms with E-state index in [0.717, 1.165) is 38.0 Å². The van der Waals surface area contributed by atoms with Crippen LogP contribution in [-0.4, -0.2) is 41.4 Å². The van der Waals surface area contributed by atoms with Crippen molar-refractivity contribution in [3.8, 4) is 6.07 Å². The summed E-state index contributed by atoms with van der Waals surface area (Å²) in [5, 5.41) is 9.22. The van der Waals surface area contributed by atoms with Crippen LogP contribution in [0.15, 0.2) is 0 Å². The van der Waals surface area contributed by atoms with Crippen molar-refractivity contribution in [2.45, 2.75) is 69.2 Å². The van der Waals surface area contributed by atoms with Crippen molar-refractivity contribution in [3.05, 3.63) is 0 Å². The molecule has 138 valence electrons. The van der Waals surface area contributed by atoms with Gasteiger partial charge >= 0.3 is 6.18 Å². The highest BCUT2D eigenvalue weighted by atomic mass is 19.4. The molecular formula is C17H22F3N3O2. The molecule has 1 saturated heterocycles. The van der Waals surface area contributed by atoms with Gasteiger partial charge in [0.1, 0.15) is 6.04 Å². The van der Waals surface area contributed by atoms with Crippen LogP contribution in [0.25, 0.3) is 0 Å². The fraction of sp³-hybridized carbons (Fsp3) is 0.824. The minimum atomic E-state index is -4.64. The van der Waals surface area contributed by atoms with E-state index in [2.05, 4.69) is 6.07 Å². The number of hydrogen-bond acceptors (Lipinski definition) is 4. The van der Waals surface area contributed by atoms with Gasteiger partial charge in [0.2, 0.25) is 12.2 Å². The summed E-state index contributed by atoms with van der Waals surface area (Å²) >= 11 is 0. The van der Waals surface area contributed by atoms with Crippen LogP contribution < -0.4 is 5.73 Å². The number of hydrogen-bond donors (Lipinski definition) is 1. The number of carbonyl (C=O) groups excluding carboxylic acids is 2. The van der Waals surface area contributed by atoms with E-state index in [-0.39, 0.29) is 23.4 Å². The summed E-state index contributed by atoms with van der Waals surface area (Å²) < 4.78 is 31.2. The molecule has 4 rings (SSSR count). The predicted octanol–water partition coefficient (Wildman–Crippen LogP) is 2.15. The van der Waals surface area contributed by atoms with Gasteiger partial charge < -0.3 is 10.6 Å². The summed E-state index contributed by atoms with van der Waals surface area (Å²) in [7, 11) is 0. The number of piperidine rings is 1. The largest absolute Gasteiger partial charge is 0.446 e. The molecule has 2 bridgehead atoms. The van der Waals surface area contributed by atoms with Gasteiger partial charge in [0.25, 0.3) is 0 Å². The normalized spacial score (nSPS) is 39.1. The standard InChI is InChI=1S/C15H21N3O.C2HF3O/c16-8-11-5-10-6-12(10)18(11)14(19)13(17)15-3-1-9(7-15)2-4-15;3-2(4,5)1-6/h9-13H,1-7,17H2;1H/t9?,10-,11?,12?,13-,15?;/m1./s1. The molecule has 4 aliphatic rings. The van der Waals surface area contributed by atoms with Gasteiger partial charge in [-0.25, -0.2) is 0 Å². The van der Waals surface area contributed by atoms with Gasteiger partial charge in [0, 0.05) is 6.04 Å². The quantitative estimate of drug-likeness (QED) is 0.767. The Labute approximate surface area is 144 Å². The fourth-order valence-corrected chi connectivity index (χ4v) is 4.99. The molecule has 3 aliphatic carbocycles. The Morgan fingerprint density at radius 2 is 1.92 bits per heavy atom. The van der Waals surface area contributed by atoms with E-state index in [0.29, 0.717) is 12.0 Å². The lowest BCUT2D eigenvalue weighted by atomic mass is 9.77. The number of alkyl halides is 3. The molecule has 25 heavy (non-hydrogen) atoms. The lowest BCUT2D eigenvalue weighted by Crippen LogP contribution is -2.54. The fourth-order valence-electron chi connectivity index (χ4n) is 4.99. The van der Waals surface area contributed by atoms with Crippen LogP contribution in [0.5, 0.6) is 0 Å². The summed E-state index contributed by atoms with van der Waals surface area (Å²) in [6.07, 6.45) is 2.12. The molecule has 3 saturated carbocycles. The lowest BCUT2D eigenvalue weighted by molar-refractivity contribution is -0.156. The zero-order chi connectivity index (χ0) is 18.4. The summed E-state index contributed by atoms with van der Waals surface area (Å²) in [6, 6.07) is 2.05. The Balaban J connectivity index is 0.000000265. The first-order valence-electron chi connectivity index (χ1n) is 8.71. The van der Waals surface area contributed by atoms with Crippen molar-refractivity contribution in [3.63, 3.8) is 0 Å². The summed E-state index contributed by atoms with van der Waals surface area (Å²) in [5.41, 5.74) is 6.44. The van der Waals surface area contributed by atoms with Crippen molar-refractivity contribution >= 4 is 12.2 Å². The van der Waals surface area contributed by atoms with Crippen molar-refractivity contribution in [2.24, 2.45) is 23.0 Å². The summed E-state index contributed by atoms with van der Waals surface area (Å²) in [6.45, 7) is 0. The first kappa shape index (κ1) is 18.2. The molecule has 1 heterocycles. The van der Waals surface area contributed by atoms with E-state index in [9.17, 15) is 23.2 Å². The second-order valence-electron chi connectivity index (χ2n) is 7.84. The van der Waals surface area contributed by atoms with Crippen LogP contribution >= 0.6 is 0 Å². The van der Waals surface area contributed by atoms with Gasteiger partial charge in [-0.15, -0.1) is 0 Å². The van der Waals surface area contributed by atoms with Gasteiger partial charge in [-0.1, -0.05) is 0 Å². The maximum atomic E-state index is 12.8. The smallest absolute Gasteiger partial charge is 0.322 e. The first-order valence-corrected chi connectivity index (χ1v) is 8.71. The second-order valence-corrected chi connectivity index (χ2v) is 7.84. The molecule has 0 aromatic heterocycles. The average molecular weight is 357 g/mol. The van der Waals surface area contributed by atoms with Crippen molar-refractivity contribution in [1.29, 1.82) is 5.26 Å². The maximum absolute atomic E-state index is 12.8. The Morgan fingerprint density at radius 1 is 1.32 bits per heavy atom. The Kier molecular flexibility index (Phi) is 4.56. The zero-order valence-electron chi connectivity index (χ0n) is 13.8. The summed E-state index contributed by atoms with van der Waals surface area (Å²) in [4.78, 5) is 23.3. The number of nitrogens with zero attached hydrogens (tertiary/aromatic N) is 2. The van der Waals surface area contributed by atoms with Crippen LogP contribution in [-0.2, 0) is 9.59 Å². The molecule has 0 spiro atoms. The molecular weight excluding hydrogens is 335 g/mol. The van der Waals surface area contributed by atoms with E-state index < -0.39 is 12.5 Å². The molecule has 2 N–H and O–H groups in total. The van der Waals surface area contributed by atoms with E-state index in [1.807, 2.05) is 4.90 Å². The predicted molar refractivity (Wildman–Crippen MR) is 81.9 cm³/mol. The van der Waals surface area contributed by atoms with Gasteiger partial charge in [0.15, 0.2) is 0 Å². The highest BCUT2D eigenvalue weighted by Crippen LogP contribution is 2.56. The van der Waals surface area contributed by atoms with Gasteiger partial charge in [-0.2, -0.15) is 18.4 Å². The minimum Gasteiger partial charge on any atom is -0.322 e. The van der Waals surface area contributed by atoms with Gasteiger partial charge in [-0.05, 0) is 62.2 Å². The SMILES string of the molecule is N#CC1C[C@@H]2CC2N1C(=O)[C@@H](N)C12CCC(CC1)C2.O=CC(F)(F)F. The molecule has 5 nitrogen and oxygen atoms in total. The number of nitriles is 1. The van der Waals surface area contributed by atoms with Crippen LogP contribution in [0.1, 0.15) is 44.9 Å². The van der Waals surface area contributed by atoms with Gasteiger partial charge in [0.05, 0.1) is 12.1 Å². The molecule has 4 fully saturated rings. The first-order chi connectivity index (χ1) is 11.7. The molecule has 1 aliphatic heterocycles. The number of halogens is 3. The van der Waals surface area contributed by atoms with E-state index in [4.69, 9.17) is 10.5 Å². The highest BCUT2D eigenvalue weighted by molar-refractivity contribution is 5.84. The average Bonchev–Trinajstić information content (AvgIpc) is 2.96. The monoisotopic (exact) mass is 357 g/mol. The number of rotatable bonds is 2. The van der Waals surface area contributed by atoms with Crippen LogP contribution in [0.4, 0.5) is 13.2 Å². The third-order valence-electron chi connectivity index (χ3n) is 6.36. The minimum absolute atomic E-state index is 0.0642. The van der Waals surface area contributed by atoms with E-state index in [1.54, 1.807) is 0 Å². The van der Waals surface area contributed by atoms with Crippen LogP contribution in [0.2, 0.25) is 0 Å². The molecule has 0 aromatic carbocycles. The number of nitrogens with two attached hydrogens (primary N) is 1. The topological polar surface area (TPSA) is 87.2 Å². The van der Waals surface area contributed by atoms with E-state index >= 15 is 0 Å². The molecule has 8 heteroatoms. The van der Waals surface area contributed by atoms with Crippen LogP contribution in [0, 0.1) is 28.6 Å². The molecule has 4 atom stereocenters. The zero-order valence-corrected chi connectivity index (χ0v) is 13.8. The number of carbonyl (C=O) groups is 2. The third kappa shape index (κ3) is 3.39. The second kappa shape index (κ2) is 6.27.